The van der Waals surface area contributed by atoms with Gasteiger partial charge in [-0.3, -0.25) is 14.2 Å². The standard InChI is InChI=1S/C15H18N2O4/c1-4-11(8(2)3)17-12-6-5-9(15(20)21)7-10(12)16-13(18)14(17)19/h5-8,11H,4H2,1-3H3,(H,16,18)(H,20,21). The molecular formula is C15H18N2O4. The molecule has 112 valence electrons. The van der Waals surface area contributed by atoms with E-state index in [2.05, 4.69) is 4.98 Å². The van der Waals surface area contributed by atoms with Crippen molar-refractivity contribution < 1.29 is 9.90 Å². The van der Waals surface area contributed by atoms with Gasteiger partial charge in [-0.2, -0.15) is 0 Å². The molecule has 0 bridgehead atoms. The third kappa shape index (κ3) is 2.61. The van der Waals surface area contributed by atoms with E-state index >= 15 is 0 Å². The minimum absolute atomic E-state index is 0.0703. The third-order valence-electron chi connectivity index (χ3n) is 3.68. The molecule has 1 unspecified atom stereocenters. The Labute approximate surface area is 121 Å². The zero-order valence-electron chi connectivity index (χ0n) is 12.2. The van der Waals surface area contributed by atoms with Gasteiger partial charge in [0.1, 0.15) is 0 Å². The van der Waals surface area contributed by atoms with E-state index in [9.17, 15) is 14.4 Å². The number of hydrogen-bond donors (Lipinski definition) is 2. The SMILES string of the molecule is CCC(C(C)C)n1c(=O)c(=O)[nH]c2cc(C(=O)O)ccc21. The Morgan fingerprint density at radius 1 is 1.33 bits per heavy atom. The topological polar surface area (TPSA) is 92.2 Å². The van der Waals surface area contributed by atoms with E-state index in [0.717, 1.165) is 0 Å². The lowest BCUT2D eigenvalue weighted by Crippen LogP contribution is -2.39. The van der Waals surface area contributed by atoms with Gasteiger partial charge in [-0.25, -0.2) is 4.79 Å². The van der Waals surface area contributed by atoms with Crippen LogP contribution in [-0.4, -0.2) is 20.6 Å². The molecule has 0 spiro atoms. The lowest BCUT2D eigenvalue weighted by molar-refractivity contribution is 0.0697. The number of carboxylic acid groups (broad SMARTS) is 1. The normalized spacial score (nSPS) is 12.8. The van der Waals surface area contributed by atoms with Crippen molar-refractivity contribution in [2.45, 2.75) is 33.2 Å². The molecule has 1 aromatic heterocycles. The number of aromatic carboxylic acids is 1. The summed E-state index contributed by atoms with van der Waals surface area (Å²) in [5, 5.41) is 9.02. The van der Waals surface area contributed by atoms with Gasteiger partial charge in [-0.15, -0.1) is 0 Å². The maximum absolute atomic E-state index is 12.2. The molecule has 21 heavy (non-hydrogen) atoms. The molecule has 6 heteroatoms. The van der Waals surface area contributed by atoms with Gasteiger partial charge in [0.2, 0.25) is 0 Å². The Balaban J connectivity index is 2.86. The highest BCUT2D eigenvalue weighted by atomic mass is 16.4. The Hall–Kier alpha value is -2.37. The van der Waals surface area contributed by atoms with Crippen molar-refractivity contribution in [3.8, 4) is 0 Å². The molecule has 1 atom stereocenters. The lowest BCUT2D eigenvalue weighted by atomic mass is 10.0. The minimum atomic E-state index is -1.08. The Morgan fingerprint density at radius 3 is 2.52 bits per heavy atom. The van der Waals surface area contributed by atoms with E-state index in [1.165, 1.54) is 16.7 Å². The van der Waals surface area contributed by atoms with Gasteiger partial charge >= 0.3 is 17.1 Å². The summed E-state index contributed by atoms with van der Waals surface area (Å²) >= 11 is 0. The second-order valence-electron chi connectivity index (χ2n) is 5.39. The van der Waals surface area contributed by atoms with E-state index in [0.29, 0.717) is 17.5 Å². The quantitative estimate of drug-likeness (QED) is 0.842. The molecule has 0 amide bonds. The molecule has 0 fully saturated rings. The number of aromatic nitrogens is 2. The van der Waals surface area contributed by atoms with Crippen molar-refractivity contribution in [1.82, 2.24) is 9.55 Å². The molecule has 0 aliphatic heterocycles. The zero-order chi connectivity index (χ0) is 15.7. The summed E-state index contributed by atoms with van der Waals surface area (Å²) in [6.07, 6.45) is 0.705. The van der Waals surface area contributed by atoms with E-state index in [-0.39, 0.29) is 17.5 Å². The maximum Gasteiger partial charge on any atom is 0.335 e. The highest BCUT2D eigenvalue weighted by molar-refractivity contribution is 5.92. The first-order valence-corrected chi connectivity index (χ1v) is 6.88. The van der Waals surface area contributed by atoms with Crippen LogP contribution in [0.2, 0.25) is 0 Å². The van der Waals surface area contributed by atoms with E-state index in [4.69, 9.17) is 5.11 Å². The largest absolute Gasteiger partial charge is 0.478 e. The molecule has 6 nitrogen and oxygen atoms in total. The van der Waals surface area contributed by atoms with Crippen LogP contribution in [0.4, 0.5) is 0 Å². The van der Waals surface area contributed by atoms with Gasteiger partial charge in [0.05, 0.1) is 16.6 Å². The van der Waals surface area contributed by atoms with Crippen LogP contribution >= 0.6 is 0 Å². The van der Waals surface area contributed by atoms with Gasteiger partial charge in [-0.05, 0) is 30.5 Å². The minimum Gasteiger partial charge on any atom is -0.478 e. The van der Waals surface area contributed by atoms with Gasteiger partial charge in [0.15, 0.2) is 0 Å². The van der Waals surface area contributed by atoms with E-state index in [1.54, 1.807) is 6.07 Å². The average Bonchev–Trinajstić information content (AvgIpc) is 2.42. The lowest BCUT2D eigenvalue weighted by Gasteiger charge is -2.23. The van der Waals surface area contributed by atoms with Crippen LogP contribution in [0, 0.1) is 5.92 Å². The number of aromatic amines is 1. The monoisotopic (exact) mass is 290 g/mol. The van der Waals surface area contributed by atoms with Crippen molar-refractivity contribution in [2.75, 3.05) is 0 Å². The number of fused-ring (bicyclic) bond motifs is 1. The van der Waals surface area contributed by atoms with Crippen LogP contribution in [0.1, 0.15) is 43.6 Å². The van der Waals surface area contributed by atoms with Crippen molar-refractivity contribution in [3.05, 3.63) is 44.5 Å². The first-order valence-electron chi connectivity index (χ1n) is 6.88. The first kappa shape index (κ1) is 15.0. The van der Waals surface area contributed by atoms with Crippen molar-refractivity contribution in [3.63, 3.8) is 0 Å². The summed E-state index contributed by atoms with van der Waals surface area (Å²) in [5.74, 6) is -0.900. The predicted molar refractivity (Wildman–Crippen MR) is 80.0 cm³/mol. The summed E-state index contributed by atoms with van der Waals surface area (Å²) < 4.78 is 1.48. The van der Waals surface area contributed by atoms with Crippen LogP contribution in [0.5, 0.6) is 0 Å². The first-order chi connectivity index (χ1) is 9.86. The molecule has 2 N–H and O–H groups in total. The number of carbonyl (C=O) groups is 1. The molecule has 0 aliphatic rings. The fraction of sp³-hybridized carbons (Fsp3) is 0.400. The molecule has 0 aliphatic carbocycles. The van der Waals surface area contributed by atoms with Crippen LogP contribution in [0.3, 0.4) is 0 Å². The molecular weight excluding hydrogens is 272 g/mol. The number of hydrogen-bond acceptors (Lipinski definition) is 3. The molecule has 0 saturated carbocycles. The number of nitrogens with zero attached hydrogens (tertiary/aromatic N) is 1. The van der Waals surface area contributed by atoms with Crippen LogP contribution < -0.4 is 11.1 Å². The number of benzene rings is 1. The molecule has 2 aromatic rings. The second kappa shape index (κ2) is 5.55. The van der Waals surface area contributed by atoms with Gasteiger partial charge < -0.3 is 10.1 Å². The van der Waals surface area contributed by atoms with E-state index in [1.807, 2.05) is 20.8 Å². The summed E-state index contributed by atoms with van der Waals surface area (Å²) in [5.41, 5.74) is -0.361. The number of rotatable bonds is 4. The summed E-state index contributed by atoms with van der Waals surface area (Å²) in [6.45, 7) is 5.92. The van der Waals surface area contributed by atoms with E-state index < -0.39 is 17.1 Å². The van der Waals surface area contributed by atoms with Crippen LogP contribution in [0.15, 0.2) is 27.8 Å². The summed E-state index contributed by atoms with van der Waals surface area (Å²) in [7, 11) is 0. The van der Waals surface area contributed by atoms with Crippen LogP contribution in [0.25, 0.3) is 11.0 Å². The predicted octanol–water partition coefficient (Wildman–Crippen LogP) is 2.00. The maximum atomic E-state index is 12.2. The van der Waals surface area contributed by atoms with Crippen LogP contribution in [-0.2, 0) is 0 Å². The Bertz CT molecular complexity index is 801. The van der Waals surface area contributed by atoms with Crippen molar-refractivity contribution in [1.29, 1.82) is 0 Å². The summed E-state index contributed by atoms with van der Waals surface area (Å²) in [4.78, 5) is 37.5. The fourth-order valence-corrected chi connectivity index (χ4v) is 2.66. The number of nitrogens with one attached hydrogen (secondary N) is 1. The Kier molecular flexibility index (Phi) is 3.97. The molecule has 2 rings (SSSR count). The zero-order valence-corrected chi connectivity index (χ0v) is 12.2. The van der Waals surface area contributed by atoms with Gasteiger partial charge in [0, 0.05) is 6.04 Å². The number of carboxylic acids is 1. The molecule has 0 saturated heterocycles. The summed E-state index contributed by atoms with van der Waals surface area (Å²) in [6, 6.07) is 4.27. The highest BCUT2D eigenvalue weighted by Gasteiger charge is 2.19. The molecule has 0 radical (unpaired) electrons. The average molecular weight is 290 g/mol. The fourth-order valence-electron chi connectivity index (χ4n) is 2.66. The third-order valence-corrected chi connectivity index (χ3v) is 3.68. The molecule has 1 aromatic carbocycles. The Morgan fingerprint density at radius 2 is 2.00 bits per heavy atom. The molecule has 1 heterocycles. The second-order valence-corrected chi connectivity index (χ2v) is 5.39. The number of H-pyrrole nitrogens is 1. The van der Waals surface area contributed by atoms with Gasteiger partial charge in [0.25, 0.3) is 0 Å². The van der Waals surface area contributed by atoms with Crippen molar-refractivity contribution in [2.24, 2.45) is 5.92 Å². The van der Waals surface area contributed by atoms with Gasteiger partial charge in [-0.1, -0.05) is 20.8 Å². The highest BCUT2D eigenvalue weighted by Crippen LogP contribution is 2.23. The smallest absolute Gasteiger partial charge is 0.335 e. The van der Waals surface area contributed by atoms with Crippen molar-refractivity contribution >= 4 is 17.0 Å².